The second-order valence-electron chi connectivity index (χ2n) is 6.30. The van der Waals surface area contributed by atoms with E-state index in [2.05, 4.69) is 15.7 Å². The summed E-state index contributed by atoms with van der Waals surface area (Å²) in [4.78, 5) is 24.8. The average molecular weight is 420 g/mol. The molecule has 0 aliphatic rings. The van der Waals surface area contributed by atoms with Crippen molar-refractivity contribution in [3.05, 3.63) is 77.6 Å². The number of hydrogen-bond donors (Lipinski definition) is 2. The molecule has 0 saturated carbocycles. The van der Waals surface area contributed by atoms with Gasteiger partial charge in [0, 0.05) is 18.3 Å². The molecule has 0 saturated heterocycles. The highest BCUT2D eigenvalue weighted by Crippen LogP contribution is 2.20. The second-order valence-corrected chi connectivity index (χ2v) is 6.30. The molecule has 0 aliphatic carbocycles. The second kappa shape index (κ2) is 8.76. The quantitative estimate of drug-likeness (QED) is 0.585. The number of benzene rings is 2. The van der Waals surface area contributed by atoms with E-state index in [0.29, 0.717) is 0 Å². The molecule has 0 unspecified atom stereocenters. The van der Waals surface area contributed by atoms with Gasteiger partial charge in [-0.25, -0.2) is 17.6 Å². The van der Waals surface area contributed by atoms with Gasteiger partial charge in [0.15, 0.2) is 5.69 Å². The summed E-state index contributed by atoms with van der Waals surface area (Å²) in [6.45, 7) is 1.66. The maximum absolute atomic E-state index is 13.8. The molecular weight excluding hydrogens is 404 g/mol. The third-order valence-electron chi connectivity index (χ3n) is 4.21. The van der Waals surface area contributed by atoms with Crippen LogP contribution in [0.1, 0.15) is 29.9 Å². The SMILES string of the molecule is CC[C@@H](C(=O)Nc1cc(F)ccc1F)n1ccc(C(=O)Nc2cc(F)ccc2F)n1. The number of aromatic nitrogens is 2. The van der Waals surface area contributed by atoms with E-state index in [1.165, 1.54) is 16.9 Å². The Bertz CT molecular complexity index is 1100. The molecule has 3 aromatic rings. The van der Waals surface area contributed by atoms with Crippen molar-refractivity contribution in [2.75, 3.05) is 10.6 Å². The maximum atomic E-state index is 13.8. The van der Waals surface area contributed by atoms with Crippen molar-refractivity contribution in [1.82, 2.24) is 9.78 Å². The number of anilines is 2. The lowest BCUT2D eigenvalue weighted by Gasteiger charge is -2.16. The Hall–Kier alpha value is -3.69. The van der Waals surface area contributed by atoms with Gasteiger partial charge in [-0.2, -0.15) is 5.10 Å². The van der Waals surface area contributed by atoms with Crippen molar-refractivity contribution >= 4 is 23.2 Å². The minimum absolute atomic E-state index is 0.151. The standard InChI is InChI=1S/C20H16F4N4O2/c1-2-18(20(30)26-17-10-12(22)4-6-14(17)24)28-8-7-15(27-28)19(29)25-16-9-11(21)3-5-13(16)23/h3-10,18H,2H2,1H3,(H,25,29)(H,26,30)/t18-/m0/s1. The molecule has 1 heterocycles. The molecule has 0 bridgehead atoms. The van der Waals surface area contributed by atoms with E-state index in [-0.39, 0.29) is 23.5 Å². The first-order chi connectivity index (χ1) is 14.3. The van der Waals surface area contributed by atoms with E-state index in [1.807, 2.05) is 0 Å². The molecule has 30 heavy (non-hydrogen) atoms. The van der Waals surface area contributed by atoms with Gasteiger partial charge < -0.3 is 10.6 Å². The van der Waals surface area contributed by atoms with Crippen LogP contribution in [0.4, 0.5) is 28.9 Å². The monoisotopic (exact) mass is 420 g/mol. The van der Waals surface area contributed by atoms with Crippen LogP contribution in [0, 0.1) is 23.3 Å². The number of amides is 2. The molecule has 2 aromatic carbocycles. The van der Waals surface area contributed by atoms with Crippen molar-refractivity contribution in [2.24, 2.45) is 0 Å². The summed E-state index contributed by atoms with van der Waals surface area (Å²) in [5.74, 6) is -4.57. The van der Waals surface area contributed by atoms with E-state index in [0.717, 1.165) is 36.4 Å². The highest BCUT2D eigenvalue weighted by molar-refractivity contribution is 6.03. The van der Waals surface area contributed by atoms with E-state index >= 15 is 0 Å². The predicted molar refractivity (Wildman–Crippen MR) is 101 cm³/mol. The van der Waals surface area contributed by atoms with E-state index in [1.54, 1.807) is 6.92 Å². The molecule has 0 radical (unpaired) electrons. The zero-order chi connectivity index (χ0) is 21.8. The number of carbonyl (C=O) groups excluding carboxylic acids is 2. The Balaban J connectivity index is 1.75. The normalized spacial score (nSPS) is 11.8. The number of carbonyl (C=O) groups is 2. The summed E-state index contributed by atoms with van der Waals surface area (Å²) >= 11 is 0. The van der Waals surface area contributed by atoms with Crippen LogP contribution in [-0.2, 0) is 4.79 Å². The largest absolute Gasteiger partial charge is 0.322 e. The van der Waals surface area contributed by atoms with Crippen molar-refractivity contribution in [1.29, 1.82) is 0 Å². The molecule has 6 nitrogen and oxygen atoms in total. The fraction of sp³-hybridized carbons (Fsp3) is 0.150. The fourth-order valence-corrected chi connectivity index (χ4v) is 2.71. The summed E-state index contributed by atoms with van der Waals surface area (Å²) in [5, 5.41) is 8.48. The summed E-state index contributed by atoms with van der Waals surface area (Å²) in [6.07, 6.45) is 1.57. The van der Waals surface area contributed by atoms with Crippen LogP contribution >= 0.6 is 0 Å². The third-order valence-corrected chi connectivity index (χ3v) is 4.21. The van der Waals surface area contributed by atoms with Gasteiger partial charge in [-0.3, -0.25) is 14.3 Å². The number of nitrogens with one attached hydrogen (secondary N) is 2. The minimum Gasteiger partial charge on any atom is -0.322 e. The zero-order valence-corrected chi connectivity index (χ0v) is 15.6. The van der Waals surface area contributed by atoms with Crippen molar-refractivity contribution < 1.29 is 27.2 Å². The first-order valence-corrected chi connectivity index (χ1v) is 8.86. The van der Waals surface area contributed by atoms with Gasteiger partial charge in [0.05, 0.1) is 11.4 Å². The lowest BCUT2D eigenvalue weighted by atomic mass is 10.2. The highest BCUT2D eigenvalue weighted by atomic mass is 19.1. The van der Waals surface area contributed by atoms with E-state index in [4.69, 9.17) is 0 Å². The molecule has 10 heteroatoms. The molecule has 1 atom stereocenters. The van der Waals surface area contributed by atoms with E-state index < -0.39 is 41.1 Å². The lowest BCUT2D eigenvalue weighted by Crippen LogP contribution is -2.27. The highest BCUT2D eigenvalue weighted by Gasteiger charge is 2.22. The predicted octanol–water partition coefficient (Wildman–Crippen LogP) is 4.28. The Kier molecular flexibility index (Phi) is 6.14. The molecule has 2 N–H and O–H groups in total. The van der Waals surface area contributed by atoms with Crippen LogP contribution in [-0.4, -0.2) is 21.6 Å². The van der Waals surface area contributed by atoms with Crippen LogP contribution in [0.15, 0.2) is 48.7 Å². The topological polar surface area (TPSA) is 76.0 Å². The van der Waals surface area contributed by atoms with Gasteiger partial charge in [-0.15, -0.1) is 0 Å². The van der Waals surface area contributed by atoms with Gasteiger partial charge in [-0.05, 0) is 36.8 Å². The molecule has 1 aromatic heterocycles. The molecule has 156 valence electrons. The van der Waals surface area contributed by atoms with Crippen LogP contribution in [0.3, 0.4) is 0 Å². The van der Waals surface area contributed by atoms with Crippen LogP contribution in [0.5, 0.6) is 0 Å². The van der Waals surface area contributed by atoms with E-state index in [9.17, 15) is 27.2 Å². The number of hydrogen-bond acceptors (Lipinski definition) is 3. The zero-order valence-electron chi connectivity index (χ0n) is 15.6. The van der Waals surface area contributed by atoms with Crippen LogP contribution in [0.25, 0.3) is 0 Å². The van der Waals surface area contributed by atoms with Crippen LogP contribution in [0.2, 0.25) is 0 Å². The van der Waals surface area contributed by atoms with Crippen molar-refractivity contribution in [3.63, 3.8) is 0 Å². The molecule has 0 spiro atoms. The van der Waals surface area contributed by atoms with Gasteiger partial charge in [-0.1, -0.05) is 6.92 Å². The Morgan fingerprint density at radius 3 is 2.07 bits per heavy atom. The van der Waals surface area contributed by atoms with Crippen molar-refractivity contribution in [2.45, 2.75) is 19.4 Å². The lowest BCUT2D eigenvalue weighted by molar-refractivity contribution is -0.119. The smallest absolute Gasteiger partial charge is 0.276 e. The molecular formula is C20H16F4N4O2. The summed E-state index contributed by atoms with van der Waals surface area (Å²) in [5.41, 5.74) is -0.840. The third kappa shape index (κ3) is 4.65. The Labute approximate surface area is 168 Å². The number of nitrogens with zero attached hydrogens (tertiary/aromatic N) is 2. The van der Waals surface area contributed by atoms with Gasteiger partial charge in [0.2, 0.25) is 5.91 Å². The summed E-state index contributed by atoms with van der Waals surface area (Å²) in [7, 11) is 0. The molecule has 2 amide bonds. The first kappa shape index (κ1) is 21.0. The Morgan fingerprint density at radius 2 is 1.50 bits per heavy atom. The average Bonchev–Trinajstić information content (AvgIpc) is 3.18. The van der Waals surface area contributed by atoms with Gasteiger partial charge >= 0.3 is 0 Å². The molecule has 3 rings (SSSR count). The maximum Gasteiger partial charge on any atom is 0.276 e. The van der Waals surface area contributed by atoms with Gasteiger partial charge in [0.1, 0.15) is 29.3 Å². The molecule has 0 fully saturated rings. The van der Waals surface area contributed by atoms with Crippen molar-refractivity contribution in [3.8, 4) is 0 Å². The van der Waals surface area contributed by atoms with Gasteiger partial charge in [0.25, 0.3) is 5.91 Å². The fourth-order valence-electron chi connectivity index (χ4n) is 2.71. The Morgan fingerprint density at radius 1 is 0.933 bits per heavy atom. The number of halogens is 4. The molecule has 0 aliphatic heterocycles. The van der Waals surface area contributed by atoms with Crippen LogP contribution < -0.4 is 10.6 Å². The minimum atomic E-state index is -0.930. The summed E-state index contributed by atoms with van der Waals surface area (Å²) in [6, 6.07) is 5.59. The first-order valence-electron chi connectivity index (χ1n) is 8.86. The summed E-state index contributed by atoms with van der Waals surface area (Å²) < 4.78 is 55.2. The number of rotatable bonds is 6.